The standard InChI is InChI=1S/C20H14.C4H8O2/c1-3-11-17-15(7-1)9-5-13-19(17)20-14-6-10-16-8-2-4-12-18(16)20;1-3(2)4(5)6/h1-14H;3H,1-2H3,(H,5,6). The Morgan fingerprint density at radius 1 is 0.654 bits per heavy atom. The second-order valence-electron chi connectivity index (χ2n) is 6.55. The SMILES string of the molecule is CC(C)C(=O)O.c1ccc2c(-c3cccc4ccccc34)cccc2c1. The van der Waals surface area contributed by atoms with Crippen molar-refractivity contribution in [3.05, 3.63) is 84.9 Å². The molecule has 0 saturated carbocycles. The highest BCUT2D eigenvalue weighted by molar-refractivity contribution is 6.05. The van der Waals surface area contributed by atoms with Crippen LogP contribution < -0.4 is 0 Å². The van der Waals surface area contributed by atoms with Crippen molar-refractivity contribution < 1.29 is 9.90 Å². The fraction of sp³-hybridized carbons (Fsp3) is 0.125. The maximum Gasteiger partial charge on any atom is 0.305 e. The summed E-state index contributed by atoms with van der Waals surface area (Å²) < 4.78 is 0. The zero-order chi connectivity index (χ0) is 18.5. The Balaban J connectivity index is 0.000000286. The Labute approximate surface area is 153 Å². The van der Waals surface area contributed by atoms with Crippen LogP contribution in [0.2, 0.25) is 0 Å². The molecular formula is C24H22O2. The second kappa shape index (κ2) is 7.83. The van der Waals surface area contributed by atoms with E-state index in [1.807, 2.05) is 0 Å². The highest BCUT2D eigenvalue weighted by Gasteiger charge is 2.06. The minimum Gasteiger partial charge on any atom is -0.481 e. The molecule has 1 N–H and O–H groups in total. The molecule has 0 unspecified atom stereocenters. The monoisotopic (exact) mass is 342 g/mol. The molecule has 0 heterocycles. The summed E-state index contributed by atoms with van der Waals surface area (Å²) in [5.74, 6) is -0.972. The van der Waals surface area contributed by atoms with Gasteiger partial charge in [0.1, 0.15) is 0 Å². The molecule has 4 aromatic carbocycles. The van der Waals surface area contributed by atoms with Crippen LogP contribution in [0.4, 0.5) is 0 Å². The van der Waals surface area contributed by atoms with Crippen LogP contribution in [-0.2, 0) is 4.79 Å². The number of carbonyl (C=O) groups is 1. The highest BCUT2D eigenvalue weighted by Crippen LogP contribution is 2.33. The van der Waals surface area contributed by atoms with E-state index in [-0.39, 0.29) is 5.92 Å². The maximum absolute atomic E-state index is 9.70. The predicted molar refractivity (Wildman–Crippen MR) is 109 cm³/mol. The quantitative estimate of drug-likeness (QED) is 0.458. The van der Waals surface area contributed by atoms with Crippen LogP contribution in [0.15, 0.2) is 84.9 Å². The zero-order valence-corrected chi connectivity index (χ0v) is 15.0. The maximum atomic E-state index is 9.70. The summed E-state index contributed by atoms with van der Waals surface area (Å²) in [7, 11) is 0. The van der Waals surface area contributed by atoms with Gasteiger partial charge in [0.15, 0.2) is 0 Å². The molecule has 0 saturated heterocycles. The van der Waals surface area contributed by atoms with Gasteiger partial charge in [0.2, 0.25) is 0 Å². The number of carboxylic acids is 1. The second-order valence-corrected chi connectivity index (χ2v) is 6.55. The van der Waals surface area contributed by atoms with Crippen molar-refractivity contribution >= 4 is 27.5 Å². The summed E-state index contributed by atoms with van der Waals surface area (Å²) >= 11 is 0. The van der Waals surface area contributed by atoms with Gasteiger partial charge in [-0.3, -0.25) is 4.79 Å². The Hall–Kier alpha value is -3.13. The minimum atomic E-state index is -0.741. The largest absolute Gasteiger partial charge is 0.481 e. The van der Waals surface area contributed by atoms with Crippen molar-refractivity contribution in [2.75, 3.05) is 0 Å². The first-order chi connectivity index (χ1) is 12.6. The number of hydrogen-bond acceptors (Lipinski definition) is 1. The first-order valence-corrected chi connectivity index (χ1v) is 8.76. The average molecular weight is 342 g/mol. The molecule has 0 aliphatic heterocycles. The van der Waals surface area contributed by atoms with Crippen LogP contribution in [0, 0.1) is 5.92 Å². The van der Waals surface area contributed by atoms with E-state index in [0.717, 1.165) is 0 Å². The lowest BCUT2D eigenvalue weighted by atomic mass is 9.94. The lowest BCUT2D eigenvalue weighted by molar-refractivity contribution is -0.140. The van der Waals surface area contributed by atoms with E-state index in [1.54, 1.807) is 13.8 Å². The third-order valence-electron chi connectivity index (χ3n) is 4.36. The summed E-state index contributed by atoms with van der Waals surface area (Å²) in [6, 6.07) is 30.2. The molecule has 4 aromatic rings. The molecule has 4 rings (SSSR count). The van der Waals surface area contributed by atoms with Crippen LogP contribution in [0.5, 0.6) is 0 Å². The molecule has 26 heavy (non-hydrogen) atoms. The lowest BCUT2D eigenvalue weighted by Gasteiger charge is -2.10. The average Bonchev–Trinajstić information content (AvgIpc) is 2.67. The van der Waals surface area contributed by atoms with Crippen molar-refractivity contribution in [2.45, 2.75) is 13.8 Å². The Bertz CT molecular complexity index is 960. The first-order valence-electron chi connectivity index (χ1n) is 8.76. The minimum absolute atomic E-state index is 0.231. The molecule has 0 aromatic heterocycles. The number of fused-ring (bicyclic) bond motifs is 2. The molecular weight excluding hydrogens is 320 g/mol. The number of aliphatic carboxylic acids is 1. The molecule has 0 radical (unpaired) electrons. The zero-order valence-electron chi connectivity index (χ0n) is 15.0. The molecule has 0 aliphatic rings. The van der Waals surface area contributed by atoms with Crippen LogP contribution in [0.25, 0.3) is 32.7 Å². The smallest absolute Gasteiger partial charge is 0.305 e. The van der Waals surface area contributed by atoms with E-state index in [1.165, 1.54) is 32.7 Å². The third kappa shape index (κ3) is 3.75. The summed E-state index contributed by atoms with van der Waals surface area (Å²) in [5, 5.41) is 13.2. The number of rotatable bonds is 2. The van der Waals surface area contributed by atoms with Gasteiger partial charge in [0.25, 0.3) is 0 Å². The van der Waals surface area contributed by atoms with Crippen molar-refractivity contribution in [3.8, 4) is 11.1 Å². The van der Waals surface area contributed by atoms with Gasteiger partial charge < -0.3 is 5.11 Å². The van der Waals surface area contributed by atoms with Gasteiger partial charge in [-0.2, -0.15) is 0 Å². The molecule has 0 bridgehead atoms. The van der Waals surface area contributed by atoms with Gasteiger partial charge >= 0.3 is 5.97 Å². The van der Waals surface area contributed by atoms with Gasteiger partial charge in [-0.1, -0.05) is 98.8 Å². The van der Waals surface area contributed by atoms with Crippen molar-refractivity contribution in [2.24, 2.45) is 5.92 Å². The third-order valence-corrected chi connectivity index (χ3v) is 4.36. The van der Waals surface area contributed by atoms with E-state index >= 15 is 0 Å². The molecule has 0 spiro atoms. The normalized spacial score (nSPS) is 10.6. The van der Waals surface area contributed by atoms with E-state index in [9.17, 15) is 4.79 Å². The van der Waals surface area contributed by atoms with Crippen LogP contribution in [0.1, 0.15) is 13.8 Å². The molecule has 0 aliphatic carbocycles. The summed E-state index contributed by atoms with van der Waals surface area (Å²) in [4.78, 5) is 9.70. The topological polar surface area (TPSA) is 37.3 Å². The molecule has 2 heteroatoms. The number of hydrogen-bond donors (Lipinski definition) is 1. The van der Waals surface area contributed by atoms with E-state index < -0.39 is 5.97 Å². The fourth-order valence-corrected chi connectivity index (χ4v) is 2.92. The van der Waals surface area contributed by atoms with E-state index in [0.29, 0.717) is 0 Å². The molecule has 2 nitrogen and oxygen atoms in total. The molecule has 130 valence electrons. The van der Waals surface area contributed by atoms with Gasteiger partial charge in [-0.05, 0) is 32.7 Å². The Kier molecular flexibility index (Phi) is 5.33. The van der Waals surface area contributed by atoms with E-state index in [2.05, 4.69) is 84.9 Å². The van der Waals surface area contributed by atoms with Crippen LogP contribution in [0.3, 0.4) is 0 Å². The van der Waals surface area contributed by atoms with Gasteiger partial charge in [-0.15, -0.1) is 0 Å². The van der Waals surface area contributed by atoms with Gasteiger partial charge in [-0.25, -0.2) is 0 Å². The highest BCUT2D eigenvalue weighted by atomic mass is 16.4. The number of benzene rings is 4. The summed E-state index contributed by atoms with van der Waals surface area (Å²) in [6.07, 6.45) is 0. The Morgan fingerprint density at radius 2 is 1.00 bits per heavy atom. The molecule has 0 amide bonds. The molecule has 0 fully saturated rings. The fourth-order valence-electron chi connectivity index (χ4n) is 2.92. The summed E-state index contributed by atoms with van der Waals surface area (Å²) in [6.45, 7) is 3.28. The van der Waals surface area contributed by atoms with E-state index in [4.69, 9.17) is 5.11 Å². The van der Waals surface area contributed by atoms with Crippen molar-refractivity contribution in [3.63, 3.8) is 0 Å². The Morgan fingerprint density at radius 3 is 1.38 bits per heavy atom. The molecule has 0 atom stereocenters. The summed E-state index contributed by atoms with van der Waals surface area (Å²) in [5.41, 5.74) is 2.61. The van der Waals surface area contributed by atoms with Crippen LogP contribution >= 0.6 is 0 Å². The lowest BCUT2D eigenvalue weighted by Crippen LogP contribution is -2.03. The van der Waals surface area contributed by atoms with Crippen LogP contribution in [-0.4, -0.2) is 11.1 Å². The van der Waals surface area contributed by atoms with Crippen molar-refractivity contribution in [1.82, 2.24) is 0 Å². The van der Waals surface area contributed by atoms with Crippen molar-refractivity contribution in [1.29, 1.82) is 0 Å². The van der Waals surface area contributed by atoms with Gasteiger partial charge in [0, 0.05) is 0 Å². The predicted octanol–water partition coefficient (Wildman–Crippen LogP) is 6.39. The number of carboxylic acid groups (broad SMARTS) is 1. The first kappa shape index (κ1) is 17.7. The van der Waals surface area contributed by atoms with Gasteiger partial charge in [0.05, 0.1) is 5.92 Å².